The van der Waals surface area contributed by atoms with E-state index in [1.807, 2.05) is 12.3 Å². The first-order valence-corrected chi connectivity index (χ1v) is 6.59. The van der Waals surface area contributed by atoms with Crippen molar-refractivity contribution < 1.29 is 9.84 Å². The molecule has 0 spiro atoms. The molecule has 1 aliphatic heterocycles. The van der Waals surface area contributed by atoms with E-state index in [-0.39, 0.29) is 5.75 Å². The van der Waals surface area contributed by atoms with Gasteiger partial charge >= 0.3 is 0 Å². The molecule has 1 aromatic heterocycles. The van der Waals surface area contributed by atoms with Crippen molar-refractivity contribution in [2.45, 2.75) is 12.8 Å². The molecule has 4 heteroatoms. The van der Waals surface area contributed by atoms with Crippen molar-refractivity contribution in [2.24, 2.45) is 0 Å². The SMILES string of the molecule is C=CCOc1cc(O)ccc1C1=CCCc2nccn21. The number of ether oxygens (including phenoxy) is 1. The fourth-order valence-electron chi connectivity index (χ4n) is 2.41. The van der Waals surface area contributed by atoms with E-state index < -0.39 is 0 Å². The van der Waals surface area contributed by atoms with Crippen molar-refractivity contribution in [3.05, 3.63) is 60.7 Å². The second kappa shape index (κ2) is 5.25. The number of phenolic OH excluding ortho intramolecular Hbond substituents is 1. The van der Waals surface area contributed by atoms with E-state index in [0.29, 0.717) is 12.4 Å². The van der Waals surface area contributed by atoms with Crippen LogP contribution in [0, 0.1) is 0 Å². The molecular weight excluding hydrogens is 252 g/mol. The Morgan fingerprint density at radius 1 is 1.45 bits per heavy atom. The fourth-order valence-corrected chi connectivity index (χ4v) is 2.41. The summed E-state index contributed by atoms with van der Waals surface area (Å²) in [7, 11) is 0. The van der Waals surface area contributed by atoms with E-state index >= 15 is 0 Å². The number of phenols is 1. The molecule has 1 N–H and O–H groups in total. The number of imidazole rings is 1. The van der Waals surface area contributed by atoms with Gasteiger partial charge in [0.2, 0.25) is 0 Å². The van der Waals surface area contributed by atoms with Crippen molar-refractivity contribution in [1.29, 1.82) is 0 Å². The topological polar surface area (TPSA) is 47.3 Å². The van der Waals surface area contributed by atoms with Crippen LogP contribution in [0.1, 0.15) is 17.8 Å². The number of allylic oxidation sites excluding steroid dienone is 1. The Hall–Kier alpha value is -2.49. The van der Waals surface area contributed by atoms with E-state index in [9.17, 15) is 5.11 Å². The van der Waals surface area contributed by atoms with Crippen LogP contribution in [0.3, 0.4) is 0 Å². The van der Waals surface area contributed by atoms with Crippen LogP contribution in [0.15, 0.2) is 49.3 Å². The molecule has 0 aliphatic carbocycles. The monoisotopic (exact) mass is 268 g/mol. The zero-order valence-corrected chi connectivity index (χ0v) is 11.1. The van der Waals surface area contributed by atoms with Crippen LogP contribution >= 0.6 is 0 Å². The van der Waals surface area contributed by atoms with Gasteiger partial charge in [-0.25, -0.2) is 4.98 Å². The van der Waals surface area contributed by atoms with E-state index in [2.05, 4.69) is 22.2 Å². The highest BCUT2D eigenvalue weighted by molar-refractivity contribution is 5.72. The number of hydrogen-bond donors (Lipinski definition) is 1. The molecule has 0 radical (unpaired) electrons. The minimum Gasteiger partial charge on any atom is -0.508 e. The van der Waals surface area contributed by atoms with Gasteiger partial charge in [0.25, 0.3) is 0 Å². The summed E-state index contributed by atoms with van der Waals surface area (Å²) in [4.78, 5) is 4.36. The highest BCUT2D eigenvalue weighted by Gasteiger charge is 2.17. The molecule has 20 heavy (non-hydrogen) atoms. The Bertz CT molecular complexity index is 671. The number of fused-ring (bicyclic) bond motifs is 1. The molecule has 0 amide bonds. The van der Waals surface area contributed by atoms with Crippen LogP contribution in [-0.4, -0.2) is 21.3 Å². The van der Waals surface area contributed by atoms with Crippen molar-refractivity contribution in [3.63, 3.8) is 0 Å². The first-order chi connectivity index (χ1) is 9.79. The van der Waals surface area contributed by atoms with E-state index in [4.69, 9.17) is 4.74 Å². The average molecular weight is 268 g/mol. The van der Waals surface area contributed by atoms with Crippen molar-refractivity contribution in [1.82, 2.24) is 9.55 Å². The minimum absolute atomic E-state index is 0.190. The molecule has 4 nitrogen and oxygen atoms in total. The summed E-state index contributed by atoms with van der Waals surface area (Å²) in [5, 5.41) is 9.65. The zero-order valence-electron chi connectivity index (χ0n) is 11.1. The lowest BCUT2D eigenvalue weighted by Crippen LogP contribution is -2.09. The molecule has 1 aromatic carbocycles. The number of benzene rings is 1. The van der Waals surface area contributed by atoms with Gasteiger partial charge < -0.3 is 14.4 Å². The Morgan fingerprint density at radius 2 is 2.35 bits per heavy atom. The van der Waals surface area contributed by atoms with Gasteiger partial charge in [-0.1, -0.05) is 18.7 Å². The molecule has 2 heterocycles. The number of rotatable bonds is 4. The number of aromatic nitrogens is 2. The minimum atomic E-state index is 0.190. The maximum atomic E-state index is 9.65. The third-order valence-corrected chi connectivity index (χ3v) is 3.28. The first kappa shape index (κ1) is 12.5. The van der Waals surface area contributed by atoms with Gasteiger partial charge in [-0.05, 0) is 18.6 Å². The van der Waals surface area contributed by atoms with Gasteiger partial charge in [0.05, 0.1) is 5.70 Å². The molecule has 0 atom stereocenters. The molecule has 1 aliphatic rings. The van der Waals surface area contributed by atoms with Gasteiger partial charge in [-0.15, -0.1) is 0 Å². The lowest BCUT2D eigenvalue weighted by atomic mass is 10.1. The summed E-state index contributed by atoms with van der Waals surface area (Å²) in [5.74, 6) is 1.89. The average Bonchev–Trinajstić information content (AvgIpc) is 2.94. The number of nitrogens with zero attached hydrogens (tertiary/aromatic N) is 2. The highest BCUT2D eigenvalue weighted by Crippen LogP contribution is 2.33. The van der Waals surface area contributed by atoms with Gasteiger partial charge in [0.15, 0.2) is 0 Å². The van der Waals surface area contributed by atoms with Crippen molar-refractivity contribution in [3.8, 4) is 11.5 Å². The Kier molecular flexibility index (Phi) is 3.29. The molecule has 0 unspecified atom stereocenters. The summed E-state index contributed by atoms with van der Waals surface area (Å²) in [6, 6.07) is 5.17. The summed E-state index contributed by atoms with van der Waals surface area (Å²) in [5.41, 5.74) is 1.99. The van der Waals surface area contributed by atoms with Crippen LogP contribution in [0.5, 0.6) is 11.5 Å². The maximum Gasteiger partial charge on any atom is 0.132 e. The molecule has 0 saturated heterocycles. The Balaban J connectivity index is 2.06. The molecule has 102 valence electrons. The number of aromatic hydroxyl groups is 1. The summed E-state index contributed by atoms with van der Waals surface area (Å²) in [6.45, 7) is 4.05. The van der Waals surface area contributed by atoms with Gasteiger partial charge in [-0.2, -0.15) is 0 Å². The smallest absolute Gasteiger partial charge is 0.132 e. The quantitative estimate of drug-likeness (QED) is 0.867. The first-order valence-electron chi connectivity index (χ1n) is 6.59. The lowest BCUT2D eigenvalue weighted by molar-refractivity contribution is 0.358. The van der Waals surface area contributed by atoms with Crippen LogP contribution < -0.4 is 4.74 Å². The molecule has 2 aromatic rings. The molecule has 0 fully saturated rings. The third-order valence-electron chi connectivity index (χ3n) is 3.28. The second-order valence-electron chi connectivity index (χ2n) is 4.62. The van der Waals surface area contributed by atoms with Crippen LogP contribution in [0.25, 0.3) is 5.70 Å². The molecular formula is C16H16N2O2. The molecule has 0 bridgehead atoms. The predicted molar refractivity (Wildman–Crippen MR) is 77.7 cm³/mol. The maximum absolute atomic E-state index is 9.65. The standard InChI is InChI=1S/C16H16N2O2/c1-2-10-20-15-11-12(19)6-7-13(15)14-4-3-5-16-17-8-9-18(14)16/h2,4,6-9,11,19H,1,3,5,10H2. The van der Waals surface area contributed by atoms with Crippen molar-refractivity contribution >= 4 is 5.70 Å². The number of hydrogen-bond acceptors (Lipinski definition) is 3. The summed E-state index contributed by atoms with van der Waals surface area (Å²) in [6.07, 6.45) is 9.50. The van der Waals surface area contributed by atoms with E-state index in [1.54, 1.807) is 24.4 Å². The van der Waals surface area contributed by atoms with Gasteiger partial charge in [0.1, 0.15) is 23.9 Å². The normalized spacial score (nSPS) is 13.5. The Labute approximate surface area is 117 Å². The Morgan fingerprint density at radius 3 is 3.20 bits per heavy atom. The number of aryl methyl sites for hydroxylation is 1. The lowest BCUT2D eigenvalue weighted by Gasteiger charge is -2.19. The summed E-state index contributed by atoms with van der Waals surface area (Å²) < 4.78 is 7.73. The van der Waals surface area contributed by atoms with Crippen molar-refractivity contribution in [2.75, 3.05) is 6.61 Å². The predicted octanol–water partition coefficient (Wildman–Crippen LogP) is 2.99. The van der Waals surface area contributed by atoms with E-state index in [0.717, 1.165) is 29.9 Å². The van der Waals surface area contributed by atoms with Gasteiger partial charge in [-0.3, -0.25) is 0 Å². The fraction of sp³-hybridized carbons (Fsp3) is 0.188. The second-order valence-corrected chi connectivity index (χ2v) is 4.62. The van der Waals surface area contributed by atoms with Crippen LogP contribution in [-0.2, 0) is 6.42 Å². The summed E-state index contributed by atoms with van der Waals surface area (Å²) >= 11 is 0. The molecule has 3 rings (SSSR count). The van der Waals surface area contributed by atoms with Gasteiger partial charge in [0, 0.05) is 30.4 Å². The van der Waals surface area contributed by atoms with Crippen LogP contribution in [0.2, 0.25) is 0 Å². The zero-order chi connectivity index (χ0) is 13.9. The highest BCUT2D eigenvalue weighted by atomic mass is 16.5. The largest absolute Gasteiger partial charge is 0.508 e. The van der Waals surface area contributed by atoms with E-state index in [1.165, 1.54) is 0 Å². The van der Waals surface area contributed by atoms with Crippen LogP contribution in [0.4, 0.5) is 0 Å². The molecule has 0 saturated carbocycles. The third kappa shape index (κ3) is 2.20.